The zero-order valence-corrected chi connectivity index (χ0v) is 10.7. The van der Waals surface area contributed by atoms with Gasteiger partial charge in [-0.05, 0) is 30.5 Å². The molecule has 0 saturated heterocycles. The second kappa shape index (κ2) is 4.50. The Labute approximate surface area is 110 Å². The second-order valence-corrected chi connectivity index (χ2v) is 5.00. The number of aryl methyl sites for hydroxylation is 1. The Bertz CT molecular complexity index is 629. The van der Waals surface area contributed by atoms with Crippen LogP contribution in [0.5, 0.6) is 0 Å². The van der Waals surface area contributed by atoms with E-state index in [4.69, 9.17) is 5.11 Å². The van der Waals surface area contributed by atoms with Gasteiger partial charge in [0.05, 0.1) is 17.8 Å². The molecule has 2 aromatic rings. The molecule has 19 heavy (non-hydrogen) atoms. The average molecular weight is 257 g/mol. The Morgan fingerprint density at radius 2 is 2.21 bits per heavy atom. The summed E-state index contributed by atoms with van der Waals surface area (Å²) >= 11 is 0. The molecule has 5 nitrogen and oxygen atoms in total. The molecule has 0 spiro atoms. The van der Waals surface area contributed by atoms with Crippen molar-refractivity contribution in [3.8, 4) is 11.3 Å². The van der Waals surface area contributed by atoms with Gasteiger partial charge in [-0.15, -0.1) is 0 Å². The van der Waals surface area contributed by atoms with Crippen LogP contribution < -0.4 is 0 Å². The number of hydrogen-bond donors (Lipinski definition) is 1. The Morgan fingerprint density at radius 3 is 2.89 bits per heavy atom. The lowest BCUT2D eigenvalue weighted by Gasteiger charge is -2.03. The number of aliphatic carboxylic acids is 1. The molecular weight excluding hydrogens is 242 g/mol. The van der Waals surface area contributed by atoms with E-state index in [9.17, 15) is 4.79 Å². The van der Waals surface area contributed by atoms with Crippen molar-refractivity contribution in [2.45, 2.75) is 25.2 Å². The first-order chi connectivity index (χ1) is 9.13. The lowest BCUT2D eigenvalue weighted by atomic mass is 10.1. The third kappa shape index (κ3) is 2.50. The first-order valence-corrected chi connectivity index (χ1v) is 6.33. The van der Waals surface area contributed by atoms with Crippen LogP contribution in [0.25, 0.3) is 11.3 Å². The smallest absolute Gasteiger partial charge is 0.307 e. The van der Waals surface area contributed by atoms with Gasteiger partial charge in [-0.1, -0.05) is 0 Å². The lowest BCUT2D eigenvalue weighted by molar-refractivity contribution is -0.136. The van der Waals surface area contributed by atoms with Gasteiger partial charge >= 0.3 is 5.97 Å². The quantitative estimate of drug-likeness (QED) is 0.909. The normalized spacial score (nSPS) is 14.6. The van der Waals surface area contributed by atoms with Crippen molar-refractivity contribution in [1.29, 1.82) is 0 Å². The van der Waals surface area contributed by atoms with Crippen LogP contribution in [0.4, 0.5) is 0 Å². The predicted molar refractivity (Wildman–Crippen MR) is 69.8 cm³/mol. The van der Waals surface area contributed by atoms with Crippen LogP contribution in [0.15, 0.2) is 24.5 Å². The van der Waals surface area contributed by atoms with E-state index >= 15 is 0 Å². The average Bonchev–Trinajstić information content (AvgIpc) is 3.12. The molecule has 1 aliphatic rings. The van der Waals surface area contributed by atoms with Gasteiger partial charge in [0.25, 0.3) is 0 Å². The fourth-order valence-corrected chi connectivity index (χ4v) is 2.24. The number of hydrogen-bond acceptors (Lipinski definition) is 3. The van der Waals surface area contributed by atoms with E-state index in [1.54, 1.807) is 12.4 Å². The first kappa shape index (κ1) is 11.9. The Hall–Kier alpha value is -2.17. The topological polar surface area (TPSA) is 68.0 Å². The van der Waals surface area contributed by atoms with Crippen molar-refractivity contribution in [3.63, 3.8) is 0 Å². The van der Waals surface area contributed by atoms with Crippen molar-refractivity contribution >= 4 is 5.97 Å². The van der Waals surface area contributed by atoms with Crippen LogP contribution >= 0.6 is 0 Å². The summed E-state index contributed by atoms with van der Waals surface area (Å²) in [4.78, 5) is 14.9. The van der Waals surface area contributed by atoms with Crippen molar-refractivity contribution < 1.29 is 9.90 Å². The molecule has 0 bridgehead atoms. The van der Waals surface area contributed by atoms with Crippen molar-refractivity contribution in [2.75, 3.05) is 0 Å². The van der Waals surface area contributed by atoms with E-state index in [0.717, 1.165) is 17.0 Å². The fourth-order valence-electron chi connectivity index (χ4n) is 2.24. The molecular formula is C14H15N3O2. The maximum Gasteiger partial charge on any atom is 0.307 e. The summed E-state index contributed by atoms with van der Waals surface area (Å²) in [6.07, 6.45) is 5.77. The van der Waals surface area contributed by atoms with Crippen molar-refractivity contribution in [2.24, 2.45) is 7.05 Å². The van der Waals surface area contributed by atoms with E-state index in [0.29, 0.717) is 11.5 Å². The van der Waals surface area contributed by atoms with Crippen LogP contribution in [-0.2, 0) is 18.3 Å². The largest absolute Gasteiger partial charge is 0.481 e. The van der Waals surface area contributed by atoms with Gasteiger partial charge in [0.2, 0.25) is 0 Å². The maximum atomic E-state index is 10.7. The van der Waals surface area contributed by atoms with Crippen LogP contribution in [0.1, 0.15) is 30.0 Å². The molecule has 0 radical (unpaired) electrons. The van der Waals surface area contributed by atoms with Gasteiger partial charge < -0.3 is 5.11 Å². The summed E-state index contributed by atoms with van der Waals surface area (Å²) < 4.78 is 1.84. The Kier molecular flexibility index (Phi) is 2.81. The van der Waals surface area contributed by atoms with Gasteiger partial charge in [-0.2, -0.15) is 5.10 Å². The summed E-state index contributed by atoms with van der Waals surface area (Å²) in [5.74, 6) is -0.238. The van der Waals surface area contributed by atoms with Gasteiger partial charge in [0.1, 0.15) is 0 Å². The predicted octanol–water partition coefficient (Wildman–Crippen LogP) is 1.99. The zero-order chi connectivity index (χ0) is 13.4. The molecule has 0 unspecified atom stereocenters. The standard InChI is InChI=1S/C14H15N3O2/c1-17-13(6-12(16-17)10-2-3-10)11-4-9(5-14(18)19)7-15-8-11/h4,6-8,10H,2-3,5H2,1H3,(H,18,19). The number of nitrogens with zero attached hydrogens (tertiary/aromatic N) is 3. The highest BCUT2D eigenvalue weighted by atomic mass is 16.4. The summed E-state index contributed by atoms with van der Waals surface area (Å²) in [7, 11) is 1.91. The number of pyridine rings is 1. The number of carboxylic acids is 1. The molecule has 1 N–H and O–H groups in total. The number of aromatic nitrogens is 3. The van der Waals surface area contributed by atoms with E-state index in [1.807, 2.05) is 17.8 Å². The molecule has 0 aromatic carbocycles. The van der Waals surface area contributed by atoms with Gasteiger partial charge in [0.15, 0.2) is 0 Å². The molecule has 1 fully saturated rings. The highest BCUT2D eigenvalue weighted by Gasteiger charge is 2.27. The van der Waals surface area contributed by atoms with Gasteiger partial charge in [0, 0.05) is 30.9 Å². The van der Waals surface area contributed by atoms with E-state index < -0.39 is 5.97 Å². The summed E-state index contributed by atoms with van der Waals surface area (Å²) in [6, 6.07) is 3.95. The van der Waals surface area contributed by atoms with Crippen LogP contribution in [0, 0.1) is 0 Å². The maximum absolute atomic E-state index is 10.7. The molecule has 0 atom stereocenters. The minimum atomic E-state index is -0.845. The van der Waals surface area contributed by atoms with Crippen LogP contribution in [-0.4, -0.2) is 25.8 Å². The molecule has 2 heterocycles. The molecule has 3 rings (SSSR count). The van der Waals surface area contributed by atoms with Crippen molar-refractivity contribution in [1.82, 2.24) is 14.8 Å². The molecule has 2 aromatic heterocycles. The van der Waals surface area contributed by atoms with E-state index in [2.05, 4.69) is 16.1 Å². The Morgan fingerprint density at radius 1 is 1.42 bits per heavy atom. The minimum Gasteiger partial charge on any atom is -0.481 e. The first-order valence-electron chi connectivity index (χ1n) is 6.33. The number of carbonyl (C=O) groups is 1. The molecule has 0 amide bonds. The summed E-state index contributed by atoms with van der Waals surface area (Å²) in [6.45, 7) is 0. The van der Waals surface area contributed by atoms with Gasteiger partial charge in [-0.3, -0.25) is 14.5 Å². The molecule has 1 saturated carbocycles. The fraction of sp³-hybridized carbons (Fsp3) is 0.357. The summed E-state index contributed by atoms with van der Waals surface area (Å²) in [5, 5.41) is 13.3. The lowest BCUT2D eigenvalue weighted by Crippen LogP contribution is -2.01. The van der Waals surface area contributed by atoms with Gasteiger partial charge in [-0.25, -0.2) is 0 Å². The van der Waals surface area contributed by atoms with Crippen LogP contribution in [0.3, 0.4) is 0 Å². The van der Waals surface area contributed by atoms with Crippen LogP contribution in [0.2, 0.25) is 0 Å². The monoisotopic (exact) mass is 257 g/mol. The number of rotatable bonds is 4. The summed E-state index contributed by atoms with van der Waals surface area (Å²) in [5.41, 5.74) is 3.74. The second-order valence-electron chi connectivity index (χ2n) is 5.00. The van der Waals surface area contributed by atoms with E-state index in [1.165, 1.54) is 12.8 Å². The highest BCUT2D eigenvalue weighted by molar-refractivity contribution is 5.71. The van der Waals surface area contributed by atoms with E-state index in [-0.39, 0.29) is 6.42 Å². The number of carboxylic acid groups (broad SMARTS) is 1. The molecule has 0 aliphatic heterocycles. The molecule has 98 valence electrons. The SMILES string of the molecule is Cn1nc(C2CC2)cc1-c1cncc(CC(=O)O)c1. The molecule has 1 aliphatic carbocycles. The Balaban J connectivity index is 1.94. The molecule has 5 heteroatoms. The third-order valence-corrected chi connectivity index (χ3v) is 3.34. The highest BCUT2D eigenvalue weighted by Crippen LogP contribution is 2.40. The zero-order valence-electron chi connectivity index (χ0n) is 10.7. The third-order valence-electron chi connectivity index (χ3n) is 3.34. The van der Waals surface area contributed by atoms with Crippen molar-refractivity contribution in [3.05, 3.63) is 35.8 Å². The minimum absolute atomic E-state index is 0.00578.